The Balaban J connectivity index is 1.01. The van der Waals surface area contributed by atoms with E-state index in [-0.39, 0.29) is 35.0 Å². The van der Waals surface area contributed by atoms with E-state index in [1.165, 1.54) is 32.8 Å². The van der Waals surface area contributed by atoms with E-state index >= 15 is 0 Å². The van der Waals surface area contributed by atoms with Gasteiger partial charge < -0.3 is 29.7 Å². The monoisotopic (exact) mass is 602 g/mol. The molecular formula is C34H46N6O4. The number of aromatic nitrogens is 2. The molecule has 4 fully saturated rings. The minimum Gasteiger partial charge on any atom is -0.495 e. The van der Waals surface area contributed by atoms with Gasteiger partial charge in [0.2, 0.25) is 5.95 Å². The van der Waals surface area contributed by atoms with Crippen molar-refractivity contribution in [2.45, 2.75) is 90.5 Å². The van der Waals surface area contributed by atoms with Gasteiger partial charge in [-0.25, -0.2) is 9.97 Å². The molecule has 0 bridgehead atoms. The van der Waals surface area contributed by atoms with Crippen LogP contribution in [0.4, 0.5) is 5.95 Å². The maximum absolute atomic E-state index is 13.3. The predicted octanol–water partition coefficient (Wildman–Crippen LogP) is 4.17. The molecule has 10 heteroatoms. The molecule has 2 saturated carbocycles. The van der Waals surface area contributed by atoms with Gasteiger partial charge in [0, 0.05) is 73.0 Å². The minimum absolute atomic E-state index is 0.116. The van der Waals surface area contributed by atoms with E-state index in [1.807, 2.05) is 0 Å². The van der Waals surface area contributed by atoms with Gasteiger partial charge in [0.25, 0.3) is 5.91 Å². The van der Waals surface area contributed by atoms with Gasteiger partial charge in [-0.2, -0.15) is 5.26 Å². The fraction of sp³-hybridized carbons (Fsp3) is 0.647. The molecule has 0 unspecified atom stereocenters. The number of benzene rings is 1. The average molecular weight is 603 g/mol. The second-order valence-electron chi connectivity index (χ2n) is 14.6. The number of carbonyl (C=O) groups is 1. The molecule has 0 atom stereocenters. The highest BCUT2D eigenvalue weighted by Gasteiger charge is 2.64. The number of carbonyl (C=O) groups excluding carboxylic acids is 1. The van der Waals surface area contributed by atoms with Crippen LogP contribution in [0.25, 0.3) is 0 Å². The smallest absolute Gasteiger partial charge is 0.254 e. The molecule has 236 valence electrons. The van der Waals surface area contributed by atoms with Crippen molar-refractivity contribution >= 4 is 11.9 Å². The number of nitrogens with one attached hydrogen (secondary N) is 1. The highest BCUT2D eigenvalue weighted by atomic mass is 16.5. The Morgan fingerprint density at radius 2 is 1.68 bits per heavy atom. The number of hydrogen-bond acceptors (Lipinski definition) is 9. The molecule has 2 aromatic rings. The number of nitriles is 1. The molecule has 1 amide bonds. The van der Waals surface area contributed by atoms with Crippen molar-refractivity contribution in [2.24, 2.45) is 16.2 Å². The molecule has 2 N–H and O–H groups in total. The summed E-state index contributed by atoms with van der Waals surface area (Å²) in [6.45, 7) is 12.4. The molecule has 3 heterocycles. The first-order valence-corrected chi connectivity index (χ1v) is 16.0. The number of rotatable bonds is 7. The average Bonchev–Trinajstić information content (AvgIpc) is 3.01. The molecule has 10 nitrogen and oxygen atoms in total. The van der Waals surface area contributed by atoms with Crippen LogP contribution in [-0.2, 0) is 0 Å². The summed E-state index contributed by atoms with van der Waals surface area (Å²) in [4.78, 5) is 27.3. The molecule has 2 aliphatic carbocycles. The first-order chi connectivity index (χ1) is 21.0. The number of methoxy groups -OCH3 is 1. The van der Waals surface area contributed by atoms with Crippen molar-refractivity contribution in [1.82, 2.24) is 20.2 Å². The first kappa shape index (κ1) is 30.6. The fourth-order valence-corrected chi connectivity index (χ4v) is 8.64. The number of nitrogens with zero attached hydrogens (tertiary/aromatic N) is 5. The molecule has 2 aliphatic heterocycles. The number of hydrogen-bond donors (Lipinski definition) is 2. The van der Waals surface area contributed by atoms with E-state index in [0.29, 0.717) is 40.0 Å². The molecule has 6 rings (SSSR count). The Kier molecular flexibility index (Phi) is 8.00. The van der Waals surface area contributed by atoms with Crippen LogP contribution in [0.2, 0.25) is 0 Å². The summed E-state index contributed by atoms with van der Waals surface area (Å²) in [6, 6.07) is 7.87. The van der Waals surface area contributed by atoms with E-state index in [2.05, 4.69) is 58.8 Å². The van der Waals surface area contributed by atoms with Gasteiger partial charge in [0.15, 0.2) is 0 Å². The number of amides is 1. The van der Waals surface area contributed by atoms with Crippen LogP contribution in [0.3, 0.4) is 0 Å². The second-order valence-corrected chi connectivity index (χ2v) is 14.6. The maximum atomic E-state index is 13.3. The Bertz CT molecular complexity index is 1380. The highest BCUT2D eigenvalue weighted by molar-refractivity contribution is 5.94. The van der Waals surface area contributed by atoms with Gasteiger partial charge >= 0.3 is 0 Å². The summed E-state index contributed by atoms with van der Waals surface area (Å²) in [5.74, 6) is 1.60. The summed E-state index contributed by atoms with van der Waals surface area (Å²) in [6.07, 6.45) is 9.71. The van der Waals surface area contributed by atoms with Crippen LogP contribution in [0, 0.1) is 27.6 Å². The van der Waals surface area contributed by atoms with Crippen molar-refractivity contribution in [1.29, 1.82) is 5.26 Å². The third kappa shape index (κ3) is 5.49. The first-order valence-electron chi connectivity index (χ1n) is 16.0. The van der Waals surface area contributed by atoms with Crippen LogP contribution in [0.1, 0.15) is 82.1 Å². The summed E-state index contributed by atoms with van der Waals surface area (Å²) in [7, 11) is 1.54. The lowest BCUT2D eigenvalue weighted by atomic mass is 9.49. The topological polar surface area (TPSA) is 124 Å². The predicted molar refractivity (Wildman–Crippen MR) is 167 cm³/mol. The zero-order valence-corrected chi connectivity index (χ0v) is 26.7. The normalized spacial score (nSPS) is 26.2. The fourth-order valence-electron chi connectivity index (χ4n) is 8.64. The van der Waals surface area contributed by atoms with E-state index in [0.717, 1.165) is 39.0 Å². The number of anilines is 1. The van der Waals surface area contributed by atoms with Gasteiger partial charge in [-0.1, -0.05) is 27.7 Å². The molecule has 4 aliphatic rings. The van der Waals surface area contributed by atoms with Gasteiger partial charge in [-0.15, -0.1) is 0 Å². The summed E-state index contributed by atoms with van der Waals surface area (Å²) in [5.41, 5.74) is 0.567. The zero-order chi connectivity index (χ0) is 31.3. The van der Waals surface area contributed by atoms with Gasteiger partial charge in [-0.05, 0) is 50.7 Å². The number of likely N-dealkylation sites (tertiary alicyclic amines) is 1. The van der Waals surface area contributed by atoms with Crippen molar-refractivity contribution in [3.05, 3.63) is 41.7 Å². The summed E-state index contributed by atoms with van der Waals surface area (Å²) >= 11 is 0. The van der Waals surface area contributed by atoms with Crippen LogP contribution >= 0.6 is 0 Å². The van der Waals surface area contributed by atoms with E-state index in [1.54, 1.807) is 30.6 Å². The largest absolute Gasteiger partial charge is 0.495 e. The number of piperidine rings is 1. The number of ether oxygens (including phenoxy) is 2. The SMILES string of the molecule is COc1cc(OC2C(C)(C)C(NC(=O)c3cnc(N4CC5(CCC(N6CCC(O)CC6)CC5)C4)nc3)C2(C)C)ccc1C#N. The van der Waals surface area contributed by atoms with E-state index in [9.17, 15) is 15.2 Å². The summed E-state index contributed by atoms with van der Waals surface area (Å²) < 4.78 is 11.8. The van der Waals surface area contributed by atoms with Gasteiger partial charge in [0.1, 0.15) is 23.7 Å². The standard InChI is InChI=1S/C34H46N6O4/c1-32(2)29(33(3,4)30(32)44-26-7-6-22(17-35)27(16-26)43-5)38-28(42)23-18-36-31(37-19-23)40-20-34(21-40)12-8-24(9-13-34)39-14-10-25(41)11-15-39/h6-7,16,18-19,24-25,29-30,41H,8-15,20-21H2,1-5H3,(H,38,42). The van der Waals surface area contributed by atoms with Crippen LogP contribution in [-0.4, -0.2) is 83.5 Å². The highest BCUT2D eigenvalue weighted by Crippen LogP contribution is 2.55. The maximum Gasteiger partial charge on any atom is 0.254 e. The van der Waals surface area contributed by atoms with Crippen molar-refractivity contribution in [2.75, 3.05) is 38.2 Å². The number of aliphatic hydroxyl groups is 1. The van der Waals surface area contributed by atoms with Gasteiger partial charge in [0.05, 0.1) is 24.3 Å². The Labute approximate surface area is 260 Å². The van der Waals surface area contributed by atoms with Crippen LogP contribution in [0.5, 0.6) is 11.5 Å². The lowest BCUT2D eigenvalue weighted by Gasteiger charge is -2.63. The molecular weight excluding hydrogens is 556 g/mol. The Hall–Kier alpha value is -3.42. The Morgan fingerprint density at radius 1 is 1.05 bits per heavy atom. The lowest BCUT2D eigenvalue weighted by Crippen LogP contribution is -2.74. The van der Waals surface area contributed by atoms with E-state index < -0.39 is 0 Å². The lowest BCUT2D eigenvalue weighted by molar-refractivity contribution is -0.164. The number of aliphatic hydroxyl groups excluding tert-OH is 1. The molecule has 44 heavy (non-hydrogen) atoms. The van der Waals surface area contributed by atoms with Crippen molar-refractivity contribution < 1.29 is 19.4 Å². The van der Waals surface area contributed by atoms with Crippen molar-refractivity contribution in [3.8, 4) is 17.6 Å². The second kappa shape index (κ2) is 11.5. The Morgan fingerprint density at radius 3 is 2.27 bits per heavy atom. The summed E-state index contributed by atoms with van der Waals surface area (Å²) in [5, 5.41) is 22.4. The quantitative estimate of drug-likeness (QED) is 0.481. The van der Waals surface area contributed by atoms with Crippen LogP contribution < -0.4 is 19.7 Å². The van der Waals surface area contributed by atoms with E-state index in [4.69, 9.17) is 9.47 Å². The minimum atomic E-state index is -0.346. The third-order valence-corrected chi connectivity index (χ3v) is 10.9. The van der Waals surface area contributed by atoms with Crippen molar-refractivity contribution in [3.63, 3.8) is 0 Å². The molecule has 0 radical (unpaired) electrons. The van der Waals surface area contributed by atoms with Gasteiger partial charge in [-0.3, -0.25) is 4.79 Å². The molecule has 1 aromatic heterocycles. The van der Waals surface area contributed by atoms with Crippen LogP contribution in [0.15, 0.2) is 30.6 Å². The molecule has 2 saturated heterocycles. The molecule has 1 spiro atoms. The third-order valence-electron chi connectivity index (χ3n) is 10.9. The molecule has 1 aromatic carbocycles. The zero-order valence-electron chi connectivity index (χ0n) is 26.7.